The van der Waals surface area contributed by atoms with Gasteiger partial charge in [-0.15, -0.1) is 0 Å². The number of hydrogen-bond acceptors (Lipinski definition) is 2. The van der Waals surface area contributed by atoms with Crippen LogP contribution >= 0.6 is 0 Å². The van der Waals surface area contributed by atoms with Gasteiger partial charge in [0.1, 0.15) is 0 Å². The van der Waals surface area contributed by atoms with Crippen LogP contribution in [0.1, 0.15) is 12.8 Å². The van der Waals surface area contributed by atoms with Gasteiger partial charge in [0, 0.05) is 12.6 Å². The fraction of sp³-hybridized carbons (Fsp3) is 0.889. The number of hydrogen-bond donors (Lipinski definition) is 1. The average molecular weight is 260 g/mol. The Morgan fingerprint density at radius 3 is 2.47 bits per heavy atom. The molecule has 1 N–H and O–H groups in total. The highest BCUT2D eigenvalue weighted by Gasteiger charge is 2.45. The molecule has 1 fully saturated rings. The summed E-state index contributed by atoms with van der Waals surface area (Å²) in [7, 11) is 0. The van der Waals surface area contributed by atoms with E-state index in [9.17, 15) is 26.7 Å². The lowest BCUT2D eigenvalue weighted by atomic mass is 10.1. The summed E-state index contributed by atoms with van der Waals surface area (Å²) < 4.78 is 61.2. The number of carbonyl (C=O) groups excluding carboxylic acids is 1. The Morgan fingerprint density at radius 1 is 1.41 bits per heavy atom. The number of rotatable bonds is 3. The molecule has 0 aliphatic carbocycles. The first kappa shape index (κ1) is 14.1. The highest BCUT2D eigenvalue weighted by molar-refractivity contribution is 5.82. The molecular weight excluding hydrogens is 247 g/mol. The van der Waals surface area contributed by atoms with Crippen LogP contribution in [-0.2, 0) is 4.79 Å². The molecule has 1 saturated heterocycles. The maximum Gasteiger partial charge on any atom is 0.471 e. The summed E-state index contributed by atoms with van der Waals surface area (Å²) >= 11 is 0. The van der Waals surface area contributed by atoms with Crippen molar-refractivity contribution in [2.24, 2.45) is 0 Å². The van der Waals surface area contributed by atoms with Crippen LogP contribution in [-0.4, -0.2) is 49.1 Å². The summed E-state index contributed by atoms with van der Waals surface area (Å²) in [4.78, 5) is 11.3. The fourth-order valence-corrected chi connectivity index (χ4v) is 1.81. The molecule has 0 spiro atoms. The van der Waals surface area contributed by atoms with Crippen molar-refractivity contribution in [2.75, 3.05) is 19.6 Å². The molecule has 1 amide bonds. The monoisotopic (exact) mass is 260 g/mol. The fourth-order valence-electron chi connectivity index (χ4n) is 1.81. The van der Waals surface area contributed by atoms with E-state index in [1.807, 2.05) is 0 Å². The molecule has 1 heterocycles. The number of nitrogens with zero attached hydrogens (tertiary/aromatic N) is 1. The van der Waals surface area contributed by atoms with Crippen molar-refractivity contribution in [3.63, 3.8) is 0 Å². The maximum absolute atomic E-state index is 12.2. The van der Waals surface area contributed by atoms with Gasteiger partial charge in [0.2, 0.25) is 0 Å². The van der Waals surface area contributed by atoms with Crippen molar-refractivity contribution < 1.29 is 26.7 Å². The van der Waals surface area contributed by atoms with Crippen LogP contribution in [0.15, 0.2) is 0 Å². The Morgan fingerprint density at radius 2 is 2.06 bits per heavy atom. The molecule has 3 nitrogen and oxygen atoms in total. The second-order valence-electron chi connectivity index (χ2n) is 3.85. The van der Waals surface area contributed by atoms with E-state index in [-0.39, 0.29) is 11.4 Å². The van der Waals surface area contributed by atoms with Gasteiger partial charge >= 0.3 is 12.1 Å². The largest absolute Gasteiger partial charge is 0.471 e. The van der Waals surface area contributed by atoms with Crippen molar-refractivity contribution in [3.05, 3.63) is 0 Å². The molecule has 1 atom stereocenters. The molecule has 0 aromatic heterocycles. The van der Waals surface area contributed by atoms with Gasteiger partial charge in [0.15, 0.2) is 0 Å². The number of amides is 1. The molecule has 17 heavy (non-hydrogen) atoms. The molecule has 100 valence electrons. The van der Waals surface area contributed by atoms with Gasteiger partial charge in [-0.05, 0) is 19.4 Å². The third-order valence-electron chi connectivity index (χ3n) is 2.55. The standard InChI is InChI=1S/C9H13F5N2O/c10-7(11)5-16(8(17)9(12,13)14)6-2-1-3-15-4-6/h6-7,15H,1-5H2. The quantitative estimate of drug-likeness (QED) is 0.778. The van der Waals surface area contributed by atoms with Gasteiger partial charge in [-0.25, -0.2) is 8.78 Å². The summed E-state index contributed by atoms with van der Waals surface area (Å²) in [5.74, 6) is -2.19. The van der Waals surface area contributed by atoms with Gasteiger partial charge in [0.25, 0.3) is 6.43 Å². The number of halogens is 5. The van der Waals surface area contributed by atoms with Crippen LogP contribution in [0.5, 0.6) is 0 Å². The highest BCUT2D eigenvalue weighted by Crippen LogP contribution is 2.22. The Labute approximate surface area is 95.0 Å². The lowest BCUT2D eigenvalue weighted by Gasteiger charge is -2.34. The van der Waals surface area contributed by atoms with Gasteiger partial charge in [-0.3, -0.25) is 4.79 Å². The molecule has 8 heteroatoms. The summed E-state index contributed by atoms with van der Waals surface area (Å²) in [6.45, 7) is -0.432. The molecule has 1 aliphatic rings. The van der Waals surface area contributed by atoms with E-state index in [1.54, 1.807) is 0 Å². The normalized spacial score (nSPS) is 21.6. The van der Waals surface area contributed by atoms with E-state index in [0.717, 1.165) is 0 Å². The number of carbonyl (C=O) groups is 1. The minimum atomic E-state index is -5.10. The minimum Gasteiger partial charge on any atom is -0.325 e. The smallest absolute Gasteiger partial charge is 0.325 e. The van der Waals surface area contributed by atoms with Crippen LogP contribution in [0.3, 0.4) is 0 Å². The van der Waals surface area contributed by atoms with Gasteiger partial charge in [0.05, 0.1) is 6.54 Å². The first-order valence-electron chi connectivity index (χ1n) is 5.19. The van der Waals surface area contributed by atoms with Gasteiger partial charge in [-0.2, -0.15) is 13.2 Å². The number of piperidine rings is 1. The topological polar surface area (TPSA) is 32.3 Å². The summed E-state index contributed by atoms with van der Waals surface area (Å²) in [5.41, 5.74) is 0. The SMILES string of the molecule is O=C(N(CC(F)F)C1CCCNC1)C(F)(F)F. The minimum absolute atomic E-state index is 0.120. The lowest BCUT2D eigenvalue weighted by molar-refractivity contribution is -0.190. The van der Waals surface area contributed by atoms with Crippen molar-refractivity contribution in [1.29, 1.82) is 0 Å². The predicted octanol–water partition coefficient (Wildman–Crippen LogP) is 1.39. The van der Waals surface area contributed by atoms with Crippen LogP contribution in [0.2, 0.25) is 0 Å². The van der Waals surface area contributed by atoms with Crippen LogP contribution in [0.25, 0.3) is 0 Å². The Bertz CT molecular complexity index is 263. The van der Waals surface area contributed by atoms with Gasteiger partial charge in [-0.1, -0.05) is 0 Å². The van der Waals surface area contributed by atoms with Crippen LogP contribution < -0.4 is 5.32 Å². The molecule has 1 aliphatic heterocycles. The van der Waals surface area contributed by atoms with Crippen molar-refractivity contribution in [3.8, 4) is 0 Å². The molecule has 1 unspecified atom stereocenters. The van der Waals surface area contributed by atoms with E-state index in [4.69, 9.17) is 0 Å². The summed E-state index contributed by atoms with van der Waals surface area (Å²) in [6.07, 6.45) is -7.20. The summed E-state index contributed by atoms with van der Waals surface area (Å²) in [6, 6.07) is -0.813. The Hall–Kier alpha value is -0.920. The summed E-state index contributed by atoms with van der Waals surface area (Å²) in [5, 5.41) is 2.79. The van der Waals surface area contributed by atoms with Crippen molar-refractivity contribution in [1.82, 2.24) is 10.2 Å². The number of nitrogens with one attached hydrogen (secondary N) is 1. The molecule has 0 aromatic carbocycles. The predicted molar refractivity (Wildman–Crippen MR) is 49.7 cm³/mol. The van der Waals surface area contributed by atoms with E-state index in [0.29, 0.717) is 19.4 Å². The zero-order valence-corrected chi connectivity index (χ0v) is 8.94. The highest BCUT2D eigenvalue weighted by atomic mass is 19.4. The van der Waals surface area contributed by atoms with Crippen molar-refractivity contribution >= 4 is 5.91 Å². The molecule has 0 bridgehead atoms. The second-order valence-corrected chi connectivity index (χ2v) is 3.85. The molecular formula is C9H13F5N2O. The first-order valence-corrected chi connectivity index (χ1v) is 5.19. The number of alkyl halides is 5. The van der Waals surface area contributed by atoms with E-state index < -0.39 is 31.1 Å². The van der Waals surface area contributed by atoms with Crippen molar-refractivity contribution in [2.45, 2.75) is 31.5 Å². The Balaban J connectivity index is 2.75. The van der Waals surface area contributed by atoms with Crippen LogP contribution in [0, 0.1) is 0 Å². The zero-order chi connectivity index (χ0) is 13.1. The third kappa shape index (κ3) is 4.10. The van der Waals surface area contributed by atoms with Crippen LogP contribution in [0.4, 0.5) is 22.0 Å². The van der Waals surface area contributed by atoms with Gasteiger partial charge < -0.3 is 10.2 Å². The maximum atomic E-state index is 12.2. The first-order chi connectivity index (χ1) is 7.82. The average Bonchev–Trinajstić information content (AvgIpc) is 2.24. The third-order valence-corrected chi connectivity index (χ3v) is 2.55. The Kier molecular flexibility index (Phi) is 4.67. The molecule has 0 radical (unpaired) electrons. The molecule has 0 aromatic rings. The molecule has 0 saturated carbocycles. The van der Waals surface area contributed by atoms with E-state index in [1.165, 1.54) is 0 Å². The van der Waals surface area contributed by atoms with E-state index >= 15 is 0 Å². The zero-order valence-electron chi connectivity index (χ0n) is 8.94. The van der Waals surface area contributed by atoms with E-state index in [2.05, 4.69) is 5.32 Å². The lowest BCUT2D eigenvalue weighted by Crippen LogP contribution is -2.54. The molecule has 1 rings (SSSR count). The second kappa shape index (κ2) is 5.61.